The van der Waals surface area contributed by atoms with Crippen LogP contribution in [-0.4, -0.2) is 9.78 Å². The summed E-state index contributed by atoms with van der Waals surface area (Å²) in [6, 6.07) is 4.75. The molecule has 0 radical (unpaired) electrons. The molecule has 0 amide bonds. The van der Waals surface area contributed by atoms with Crippen molar-refractivity contribution in [3.63, 3.8) is 0 Å². The van der Waals surface area contributed by atoms with Crippen LogP contribution in [0.15, 0.2) is 30.5 Å². The Bertz CT molecular complexity index is 563. The predicted molar refractivity (Wildman–Crippen MR) is 62.2 cm³/mol. The van der Waals surface area contributed by atoms with Crippen molar-refractivity contribution in [2.24, 2.45) is 0 Å². The van der Waals surface area contributed by atoms with Crippen molar-refractivity contribution in [1.82, 2.24) is 9.78 Å². The van der Waals surface area contributed by atoms with Crippen molar-refractivity contribution in [2.45, 2.75) is 12.7 Å². The van der Waals surface area contributed by atoms with Crippen molar-refractivity contribution in [2.75, 3.05) is 5.73 Å². The smallest absolute Gasteiger partial charge is 0.382 e. The Morgan fingerprint density at radius 2 is 2.00 bits per heavy atom. The maximum absolute atomic E-state index is 12.6. The lowest BCUT2D eigenvalue weighted by atomic mass is 10.1. The minimum atomic E-state index is -4.39. The number of aromatic nitrogens is 2. The summed E-state index contributed by atoms with van der Waals surface area (Å²) < 4.78 is 39.1. The molecule has 0 aliphatic heterocycles. The Balaban J connectivity index is 2.32. The highest BCUT2D eigenvalue weighted by atomic mass is 35.5. The highest BCUT2D eigenvalue weighted by molar-refractivity contribution is 6.31. The van der Waals surface area contributed by atoms with Gasteiger partial charge in [0.2, 0.25) is 0 Å². The van der Waals surface area contributed by atoms with Gasteiger partial charge in [0.25, 0.3) is 0 Å². The molecule has 0 aliphatic carbocycles. The number of rotatable bonds is 2. The van der Waals surface area contributed by atoms with E-state index in [2.05, 4.69) is 5.10 Å². The molecule has 0 spiro atoms. The Labute approximate surface area is 106 Å². The zero-order valence-electron chi connectivity index (χ0n) is 9.08. The van der Waals surface area contributed by atoms with E-state index in [-0.39, 0.29) is 11.6 Å². The molecule has 7 heteroatoms. The molecule has 2 aromatic rings. The van der Waals surface area contributed by atoms with Gasteiger partial charge in [0.15, 0.2) is 0 Å². The first-order valence-corrected chi connectivity index (χ1v) is 5.38. The quantitative estimate of drug-likeness (QED) is 0.915. The second-order valence-electron chi connectivity index (χ2n) is 3.74. The van der Waals surface area contributed by atoms with E-state index in [0.717, 1.165) is 12.1 Å². The van der Waals surface area contributed by atoms with Gasteiger partial charge in [0.05, 0.1) is 12.1 Å². The Kier molecular flexibility index (Phi) is 3.21. The molecule has 0 saturated carbocycles. The fourth-order valence-electron chi connectivity index (χ4n) is 1.51. The van der Waals surface area contributed by atoms with Crippen molar-refractivity contribution < 1.29 is 13.2 Å². The van der Waals surface area contributed by atoms with Gasteiger partial charge in [0, 0.05) is 11.2 Å². The van der Waals surface area contributed by atoms with Gasteiger partial charge in [-0.15, -0.1) is 0 Å². The first-order chi connectivity index (χ1) is 8.36. The van der Waals surface area contributed by atoms with E-state index >= 15 is 0 Å². The van der Waals surface area contributed by atoms with Gasteiger partial charge in [-0.2, -0.15) is 18.3 Å². The fraction of sp³-hybridized carbons (Fsp3) is 0.182. The monoisotopic (exact) mass is 275 g/mol. The molecule has 0 saturated heterocycles. The average Bonchev–Trinajstić information content (AvgIpc) is 2.66. The SMILES string of the molecule is Nc1ccn(Cc2cc(C(F)(F)F)ccc2Cl)n1. The molecule has 1 heterocycles. The maximum atomic E-state index is 12.6. The zero-order chi connectivity index (χ0) is 13.3. The van der Waals surface area contributed by atoms with Crippen LogP contribution in [0.2, 0.25) is 5.02 Å². The molecule has 0 unspecified atom stereocenters. The lowest BCUT2D eigenvalue weighted by molar-refractivity contribution is -0.137. The maximum Gasteiger partial charge on any atom is 0.416 e. The van der Waals surface area contributed by atoms with Crippen molar-refractivity contribution in [3.05, 3.63) is 46.6 Å². The van der Waals surface area contributed by atoms with Crippen LogP contribution in [0, 0.1) is 0 Å². The summed E-state index contributed by atoms with van der Waals surface area (Å²) in [4.78, 5) is 0. The third-order valence-electron chi connectivity index (χ3n) is 2.37. The molecule has 18 heavy (non-hydrogen) atoms. The number of nitrogens with two attached hydrogens (primary N) is 1. The topological polar surface area (TPSA) is 43.8 Å². The van der Waals surface area contributed by atoms with Gasteiger partial charge in [-0.25, -0.2) is 0 Å². The van der Waals surface area contributed by atoms with Crippen LogP contribution in [0.4, 0.5) is 19.0 Å². The molecular formula is C11H9ClF3N3. The van der Waals surface area contributed by atoms with E-state index in [1.54, 1.807) is 12.3 Å². The molecular weight excluding hydrogens is 267 g/mol. The van der Waals surface area contributed by atoms with E-state index in [9.17, 15) is 13.2 Å². The number of nitrogen functional groups attached to an aromatic ring is 1. The summed E-state index contributed by atoms with van der Waals surface area (Å²) in [5, 5.41) is 4.15. The molecule has 0 bridgehead atoms. The van der Waals surface area contributed by atoms with Crippen molar-refractivity contribution in [3.8, 4) is 0 Å². The Hall–Kier alpha value is -1.69. The van der Waals surface area contributed by atoms with Crippen LogP contribution in [0.25, 0.3) is 0 Å². The number of hydrogen-bond donors (Lipinski definition) is 1. The van der Waals surface area contributed by atoms with Gasteiger partial charge >= 0.3 is 6.18 Å². The largest absolute Gasteiger partial charge is 0.416 e. The van der Waals surface area contributed by atoms with Gasteiger partial charge in [-0.3, -0.25) is 4.68 Å². The second kappa shape index (κ2) is 4.53. The summed E-state index contributed by atoms with van der Waals surface area (Å²) in [6.07, 6.45) is -2.81. The molecule has 96 valence electrons. The number of halogens is 4. The van der Waals surface area contributed by atoms with E-state index in [4.69, 9.17) is 17.3 Å². The second-order valence-corrected chi connectivity index (χ2v) is 4.15. The third kappa shape index (κ3) is 2.76. The van der Waals surface area contributed by atoms with Crippen LogP contribution >= 0.6 is 11.6 Å². The summed E-state index contributed by atoms with van der Waals surface area (Å²) in [5.41, 5.74) is 5.03. The summed E-state index contributed by atoms with van der Waals surface area (Å²) in [7, 11) is 0. The standard InChI is InChI=1S/C11H9ClF3N3/c12-9-2-1-8(11(13,14)15)5-7(9)6-18-4-3-10(16)17-18/h1-5H,6H2,(H2,16,17). The van der Waals surface area contributed by atoms with E-state index in [1.807, 2.05) is 0 Å². The minimum absolute atomic E-state index is 0.139. The molecule has 0 aliphatic rings. The minimum Gasteiger partial charge on any atom is -0.382 e. The molecule has 2 rings (SSSR count). The molecule has 1 aromatic heterocycles. The molecule has 2 N–H and O–H groups in total. The molecule has 3 nitrogen and oxygen atoms in total. The van der Waals surface area contributed by atoms with Crippen LogP contribution in [0.3, 0.4) is 0 Å². The summed E-state index contributed by atoms with van der Waals surface area (Å²) in [6.45, 7) is 0.139. The third-order valence-corrected chi connectivity index (χ3v) is 2.74. The highest BCUT2D eigenvalue weighted by Crippen LogP contribution is 2.31. The van der Waals surface area contributed by atoms with Crippen LogP contribution in [-0.2, 0) is 12.7 Å². The van der Waals surface area contributed by atoms with E-state index < -0.39 is 11.7 Å². The number of alkyl halides is 3. The summed E-state index contributed by atoms with van der Waals surface area (Å²) in [5.74, 6) is 0.304. The Morgan fingerprint density at radius 1 is 1.28 bits per heavy atom. The lowest BCUT2D eigenvalue weighted by Crippen LogP contribution is -2.08. The first kappa shape index (κ1) is 12.8. The van der Waals surface area contributed by atoms with E-state index in [1.165, 1.54) is 10.7 Å². The molecule has 0 atom stereocenters. The average molecular weight is 276 g/mol. The van der Waals surface area contributed by atoms with E-state index in [0.29, 0.717) is 11.4 Å². The zero-order valence-corrected chi connectivity index (χ0v) is 9.83. The number of benzene rings is 1. The van der Waals surface area contributed by atoms with Gasteiger partial charge in [-0.05, 0) is 29.8 Å². The highest BCUT2D eigenvalue weighted by Gasteiger charge is 2.30. The van der Waals surface area contributed by atoms with Gasteiger partial charge < -0.3 is 5.73 Å². The number of anilines is 1. The summed E-state index contributed by atoms with van der Waals surface area (Å²) >= 11 is 5.86. The number of hydrogen-bond acceptors (Lipinski definition) is 2. The predicted octanol–water partition coefficient (Wildman–Crippen LogP) is 3.19. The first-order valence-electron chi connectivity index (χ1n) is 5.01. The van der Waals surface area contributed by atoms with Crippen LogP contribution < -0.4 is 5.73 Å². The van der Waals surface area contributed by atoms with Crippen LogP contribution in [0.5, 0.6) is 0 Å². The van der Waals surface area contributed by atoms with Crippen molar-refractivity contribution >= 4 is 17.4 Å². The number of nitrogens with zero attached hydrogens (tertiary/aromatic N) is 2. The van der Waals surface area contributed by atoms with Crippen LogP contribution in [0.1, 0.15) is 11.1 Å². The Morgan fingerprint density at radius 3 is 2.56 bits per heavy atom. The normalized spacial score (nSPS) is 11.8. The lowest BCUT2D eigenvalue weighted by Gasteiger charge is -2.10. The van der Waals surface area contributed by atoms with Gasteiger partial charge in [0.1, 0.15) is 5.82 Å². The van der Waals surface area contributed by atoms with Gasteiger partial charge in [-0.1, -0.05) is 11.6 Å². The molecule has 0 fully saturated rings. The fourth-order valence-corrected chi connectivity index (χ4v) is 1.69. The molecule has 1 aromatic carbocycles. The van der Waals surface area contributed by atoms with Crippen molar-refractivity contribution in [1.29, 1.82) is 0 Å².